The number of hydrogen-bond donors (Lipinski definition) is 8. The topological polar surface area (TPSA) is 240 Å². The van der Waals surface area contributed by atoms with Gasteiger partial charge in [-0.15, -0.1) is 0 Å². The number of carbonyl (C=O) groups excluding carboxylic acids is 2. The van der Waals surface area contributed by atoms with Crippen LogP contribution in [0.1, 0.15) is 13.8 Å². The zero-order valence-corrected chi connectivity index (χ0v) is 19.0. The summed E-state index contributed by atoms with van der Waals surface area (Å²) in [4.78, 5) is 23.6. The Balaban J connectivity index is 2.32. The van der Waals surface area contributed by atoms with Crippen molar-refractivity contribution in [2.45, 2.75) is 87.3 Å². The monoisotopic (exact) mass is 498 g/mol. The quantitative estimate of drug-likeness (QED) is 0.139. The van der Waals surface area contributed by atoms with Gasteiger partial charge in [0.25, 0.3) is 0 Å². The van der Waals surface area contributed by atoms with Gasteiger partial charge in [-0.05, 0) is 6.92 Å². The summed E-state index contributed by atoms with van der Waals surface area (Å²) >= 11 is 0. The van der Waals surface area contributed by atoms with Gasteiger partial charge in [0.05, 0.1) is 26.4 Å². The molecule has 2 aliphatic rings. The molecule has 0 aliphatic carbocycles. The number of nitrogens with two attached hydrogens (primary N) is 1. The third-order valence-electron chi connectivity index (χ3n) is 5.69. The minimum Gasteiger partial charge on any atom is -0.468 e. The molecule has 15 heteroatoms. The maximum Gasteiger partial charge on any atom is 0.325 e. The molecule has 0 saturated carbocycles. The van der Waals surface area contributed by atoms with Crippen molar-refractivity contribution in [3.8, 4) is 0 Å². The van der Waals surface area contributed by atoms with Crippen molar-refractivity contribution in [1.82, 2.24) is 5.32 Å². The lowest BCUT2D eigenvalue weighted by Crippen LogP contribution is -2.68. The number of aliphatic hydroxyl groups excluding tert-OH is 6. The first-order valence-electron chi connectivity index (χ1n) is 10.6. The van der Waals surface area contributed by atoms with E-state index in [0.29, 0.717) is 0 Å². The normalized spacial score (nSPS) is 40.3. The average Bonchev–Trinajstić information content (AvgIpc) is 2.81. The Morgan fingerprint density at radius 2 is 1.53 bits per heavy atom. The lowest BCUT2D eigenvalue weighted by atomic mass is 9.95. The minimum absolute atomic E-state index is 0.593. The molecule has 0 radical (unpaired) electrons. The van der Waals surface area contributed by atoms with Gasteiger partial charge in [-0.25, -0.2) is 0 Å². The highest BCUT2D eigenvalue weighted by molar-refractivity contribution is 5.76. The van der Waals surface area contributed by atoms with E-state index in [1.165, 1.54) is 6.92 Å². The van der Waals surface area contributed by atoms with E-state index in [0.717, 1.165) is 14.0 Å². The molecule has 0 spiro atoms. The summed E-state index contributed by atoms with van der Waals surface area (Å²) in [5, 5.41) is 62.6. The van der Waals surface area contributed by atoms with Gasteiger partial charge in [-0.3, -0.25) is 9.59 Å². The molecule has 0 bridgehead atoms. The number of methoxy groups -OCH3 is 1. The smallest absolute Gasteiger partial charge is 0.325 e. The third-order valence-corrected chi connectivity index (χ3v) is 5.69. The van der Waals surface area contributed by atoms with Crippen molar-refractivity contribution >= 4 is 11.9 Å². The van der Waals surface area contributed by atoms with Gasteiger partial charge in [0, 0.05) is 6.92 Å². The summed E-state index contributed by atoms with van der Waals surface area (Å²) in [5.41, 5.74) is 5.79. The van der Waals surface area contributed by atoms with Crippen molar-refractivity contribution in [3.05, 3.63) is 0 Å². The lowest BCUT2D eigenvalue weighted by Gasteiger charge is -2.47. The highest BCUT2D eigenvalue weighted by Crippen LogP contribution is 2.30. The number of hydrogen-bond acceptors (Lipinski definition) is 14. The van der Waals surface area contributed by atoms with Crippen LogP contribution in [0.3, 0.4) is 0 Å². The number of aliphatic hydroxyl groups is 6. The summed E-state index contributed by atoms with van der Waals surface area (Å²) < 4.78 is 26.8. The molecule has 2 aliphatic heterocycles. The molecular formula is C19H34N2O13. The Hall–Kier alpha value is -1.50. The standard InChI is InChI=1S/C19H34N2O13/c1-6(10(20)17(29)30-3)31-18-11(21-7(2)24)16(13(26)9(5-23)32-18)34-19-15(28)14(27)12(25)8(4-22)33-19/h6,8-16,18-19,22-23,25-28H,4-5,20H2,1-3H3,(H,21,24). The average molecular weight is 498 g/mol. The highest BCUT2D eigenvalue weighted by atomic mass is 16.7. The molecule has 12 unspecified atom stereocenters. The molecule has 0 aromatic heterocycles. The summed E-state index contributed by atoms with van der Waals surface area (Å²) in [5.74, 6) is -1.38. The van der Waals surface area contributed by atoms with Crippen LogP contribution in [-0.2, 0) is 33.3 Å². The zero-order valence-electron chi connectivity index (χ0n) is 19.0. The van der Waals surface area contributed by atoms with Crippen LogP contribution < -0.4 is 11.1 Å². The molecule has 2 fully saturated rings. The number of esters is 1. The molecule has 198 valence electrons. The Morgan fingerprint density at radius 3 is 2.06 bits per heavy atom. The molecule has 12 atom stereocenters. The predicted octanol–water partition coefficient (Wildman–Crippen LogP) is -5.34. The highest BCUT2D eigenvalue weighted by Gasteiger charge is 2.52. The van der Waals surface area contributed by atoms with E-state index in [1.807, 2.05) is 0 Å². The second kappa shape index (κ2) is 12.5. The molecule has 15 nitrogen and oxygen atoms in total. The fourth-order valence-corrected chi connectivity index (χ4v) is 3.69. The molecule has 1 amide bonds. The summed E-state index contributed by atoms with van der Waals surface area (Å²) in [6.45, 7) is 1.17. The van der Waals surface area contributed by atoms with E-state index < -0.39 is 98.6 Å². The maximum atomic E-state index is 11.9. The second-order valence-corrected chi connectivity index (χ2v) is 8.13. The largest absolute Gasteiger partial charge is 0.468 e. The van der Waals surface area contributed by atoms with Crippen LogP contribution in [0, 0.1) is 0 Å². The number of ether oxygens (including phenoxy) is 5. The third kappa shape index (κ3) is 6.38. The number of rotatable bonds is 9. The predicted molar refractivity (Wildman–Crippen MR) is 109 cm³/mol. The fourth-order valence-electron chi connectivity index (χ4n) is 3.69. The van der Waals surface area contributed by atoms with Crippen LogP contribution in [0.4, 0.5) is 0 Å². The van der Waals surface area contributed by atoms with Gasteiger partial charge < -0.3 is 65.4 Å². The van der Waals surface area contributed by atoms with Gasteiger partial charge in [0.1, 0.15) is 54.8 Å². The second-order valence-electron chi connectivity index (χ2n) is 8.13. The molecular weight excluding hydrogens is 464 g/mol. The van der Waals surface area contributed by atoms with Gasteiger partial charge in [0.2, 0.25) is 5.91 Å². The van der Waals surface area contributed by atoms with Crippen LogP contribution >= 0.6 is 0 Å². The molecule has 0 aromatic rings. The Morgan fingerprint density at radius 1 is 0.971 bits per heavy atom. The van der Waals surface area contributed by atoms with Crippen LogP contribution in [0.5, 0.6) is 0 Å². The van der Waals surface area contributed by atoms with Crippen LogP contribution in [0.25, 0.3) is 0 Å². The maximum absolute atomic E-state index is 11.9. The lowest BCUT2D eigenvalue weighted by molar-refractivity contribution is -0.347. The van der Waals surface area contributed by atoms with Crippen LogP contribution in [-0.4, -0.2) is 136 Å². The molecule has 34 heavy (non-hydrogen) atoms. The van der Waals surface area contributed by atoms with Crippen molar-refractivity contribution in [1.29, 1.82) is 0 Å². The molecule has 2 rings (SSSR count). The minimum atomic E-state index is -1.80. The van der Waals surface area contributed by atoms with E-state index >= 15 is 0 Å². The van der Waals surface area contributed by atoms with Crippen molar-refractivity contribution < 1.29 is 63.9 Å². The van der Waals surface area contributed by atoms with Crippen LogP contribution in [0.15, 0.2) is 0 Å². The molecule has 2 saturated heterocycles. The van der Waals surface area contributed by atoms with Gasteiger partial charge in [0.15, 0.2) is 12.6 Å². The first kappa shape index (κ1) is 28.7. The van der Waals surface area contributed by atoms with E-state index in [-0.39, 0.29) is 0 Å². The SMILES string of the molecule is COC(=O)C(N)C(C)OC1OC(CO)C(O)C(OC2OC(CO)C(O)C(O)C2O)C1NC(C)=O. The van der Waals surface area contributed by atoms with Crippen LogP contribution in [0.2, 0.25) is 0 Å². The molecule has 2 heterocycles. The summed E-state index contributed by atoms with van der Waals surface area (Å²) in [6.07, 6.45) is -14.9. The number of carbonyl (C=O) groups is 2. The molecule has 0 aromatic carbocycles. The summed E-state index contributed by atoms with van der Waals surface area (Å²) in [6, 6.07) is -2.52. The van der Waals surface area contributed by atoms with Gasteiger partial charge in [-0.2, -0.15) is 0 Å². The van der Waals surface area contributed by atoms with E-state index in [2.05, 4.69) is 10.1 Å². The number of amides is 1. The van der Waals surface area contributed by atoms with E-state index in [9.17, 15) is 40.2 Å². The Bertz CT molecular complexity index is 683. The zero-order chi connectivity index (χ0) is 25.7. The Kier molecular flexibility index (Phi) is 10.5. The first-order valence-corrected chi connectivity index (χ1v) is 10.6. The fraction of sp³-hybridized carbons (Fsp3) is 0.895. The number of nitrogens with one attached hydrogen (secondary N) is 1. The van der Waals surface area contributed by atoms with Crippen molar-refractivity contribution in [3.63, 3.8) is 0 Å². The molecule has 9 N–H and O–H groups in total. The van der Waals surface area contributed by atoms with Gasteiger partial charge in [-0.1, -0.05) is 0 Å². The van der Waals surface area contributed by atoms with E-state index in [1.54, 1.807) is 0 Å². The van der Waals surface area contributed by atoms with Gasteiger partial charge >= 0.3 is 5.97 Å². The Labute approximate surface area is 195 Å². The van der Waals surface area contributed by atoms with E-state index in [4.69, 9.17) is 24.7 Å². The van der Waals surface area contributed by atoms with Crippen molar-refractivity contribution in [2.75, 3.05) is 20.3 Å². The van der Waals surface area contributed by atoms with Crippen molar-refractivity contribution in [2.24, 2.45) is 5.73 Å². The summed E-state index contributed by atoms with van der Waals surface area (Å²) in [7, 11) is 1.13. The first-order chi connectivity index (χ1) is 16.0.